The minimum Gasteiger partial charge on any atom is -0.406 e. The number of likely N-dealkylation sites (tertiary alicyclic amines) is 1. The van der Waals surface area contributed by atoms with Gasteiger partial charge in [0.05, 0.1) is 0 Å². The molecular formula is C20H22F3N3O5. The molecule has 1 aromatic carbocycles. The number of alkyl halides is 3. The van der Waals surface area contributed by atoms with Crippen LogP contribution >= 0.6 is 0 Å². The number of hydrogen-bond acceptors (Lipinski definition) is 5. The maximum absolute atomic E-state index is 12.9. The molecule has 11 heteroatoms. The number of amides is 4. The second kappa shape index (κ2) is 8.03. The topological polar surface area (TPSA) is 88.2 Å². The van der Waals surface area contributed by atoms with Crippen molar-refractivity contribution in [1.29, 1.82) is 0 Å². The van der Waals surface area contributed by atoms with Gasteiger partial charge in [-0.25, -0.2) is 4.79 Å². The second-order valence-electron chi connectivity index (χ2n) is 8.08. The van der Waals surface area contributed by atoms with E-state index in [0.29, 0.717) is 38.2 Å². The van der Waals surface area contributed by atoms with Crippen molar-refractivity contribution in [2.75, 3.05) is 26.3 Å². The molecule has 1 unspecified atom stereocenters. The summed E-state index contributed by atoms with van der Waals surface area (Å²) in [6.45, 7) is 1.54. The molecule has 0 bridgehead atoms. The predicted molar refractivity (Wildman–Crippen MR) is 99.7 cm³/mol. The van der Waals surface area contributed by atoms with E-state index >= 15 is 0 Å². The van der Waals surface area contributed by atoms with Gasteiger partial charge < -0.3 is 19.7 Å². The molecule has 31 heavy (non-hydrogen) atoms. The highest BCUT2D eigenvalue weighted by Gasteiger charge is 2.52. The lowest BCUT2D eigenvalue weighted by molar-refractivity contribution is -0.274. The molecular weight excluding hydrogens is 419 g/mol. The third-order valence-corrected chi connectivity index (χ3v) is 5.86. The van der Waals surface area contributed by atoms with E-state index < -0.39 is 17.9 Å². The average Bonchev–Trinajstić information content (AvgIpc) is 3.15. The van der Waals surface area contributed by atoms with Crippen molar-refractivity contribution >= 4 is 17.8 Å². The molecule has 1 spiro atoms. The minimum atomic E-state index is -4.76. The zero-order chi connectivity index (χ0) is 22.2. The van der Waals surface area contributed by atoms with Gasteiger partial charge in [-0.3, -0.25) is 14.5 Å². The zero-order valence-electron chi connectivity index (χ0n) is 16.6. The van der Waals surface area contributed by atoms with Crippen molar-refractivity contribution in [3.63, 3.8) is 0 Å². The monoisotopic (exact) mass is 441 g/mol. The molecule has 0 saturated carbocycles. The maximum atomic E-state index is 12.9. The van der Waals surface area contributed by atoms with Crippen LogP contribution in [0.25, 0.3) is 0 Å². The summed E-state index contributed by atoms with van der Waals surface area (Å²) >= 11 is 0. The number of nitrogens with zero attached hydrogens (tertiary/aromatic N) is 2. The molecule has 3 heterocycles. The van der Waals surface area contributed by atoms with Gasteiger partial charge in [0.1, 0.15) is 11.3 Å². The predicted octanol–water partition coefficient (Wildman–Crippen LogP) is 2.03. The Balaban J connectivity index is 1.34. The third-order valence-electron chi connectivity index (χ3n) is 5.86. The number of hydrogen-bond donors (Lipinski definition) is 1. The van der Waals surface area contributed by atoms with E-state index in [1.165, 1.54) is 29.2 Å². The van der Waals surface area contributed by atoms with E-state index in [1.807, 2.05) is 0 Å². The Morgan fingerprint density at radius 3 is 2.45 bits per heavy atom. The maximum Gasteiger partial charge on any atom is 0.573 e. The van der Waals surface area contributed by atoms with Gasteiger partial charge in [0.25, 0.3) is 5.91 Å². The van der Waals surface area contributed by atoms with E-state index in [1.54, 1.807) is 4.90 Å². The summed E-state index contributed by atoms with van der Waals surface area (Å²) in [6.07, 6.45) is -3.71. The number of rotatable bonds is 5. The Morgan fingerprint density at radius 1 is 1.13 bits per heavy atom. The first-order valence-corrected chi connectivity index (χ1v) is 9.99. The minimum absolute atomic E-state index is 0.131. The first kappa shape index (κ1) is 21.4. The molecule has 3 saturated heterocycles. The van der Waals surface area contributed by atoms with Gasteiger partial charge in [-0.2, -0.15) is 0 Å². The average molecular weight is 441 g/mol. The third kappa shape index (κ3) is 4.60. The summed E-state index contributed by atoms with van der Waals surface area (Å²) in [7, 11) is 0. The number of carbonyl (C=O) groups excluding carboxylic acids is 3. The van der Waals surface area contributed by atoms with Gasteiger partial charge in [-0.1, -0.05) is 12.1 Å². The molecule has 1 aromatic rings. The molecule has 8 nitrogen and oxygen atoms in total. The Kier molecular flexibility index (Phi) is 5.54. The molecule has 3 aliphatic rings. The van der Waals surface area contributed by atoms with Crippen molar-refractivity contribution in [2.45, 2.75) is 37.7 Å². The van der Waals surface area contributed by atoms with Gasteiger partial charge in [-0.15, -0.1) is 13.2 Å². The van der Waals surface area contributed by atoms with Crippen LogP contribution < -0.4 is 10.1 Å². The van der Waals surface area contributed by atoms with Gasteiger partial charge in [0.15, 0.2) is 0 Å². The Bertz CT molecular complexity index is 868. The van der Waals surface area contributed by atoms with E-state index in [-0.39, 0.29) is 43.0 Å². The molecule has 0 aromatic heterocycles. The summed E-state index contributed by atoms with van der Waals surface area (Å²) in [5.41, 5.74) is -0.252. The highest BCUT2D eigenvalue weighted by molar-refractivity contribution is 6.07. The summed E-state index contributed by atoms with van der Waals surface area (Å²) < 4.78 is 45.9. The highest BCUT2D eigenvalue weighted by atomic mass is 19.4. The van der Waals surface area contributed by atoms with E-state index in [9.17, 15) is 27.6 Å². The lowest BCUT2D eigenvalue weighted by Crippen LogP contribution is -2.51. The smallest absolute Gasteiger partial charge is 0.406 e. The van der Waals surface area contributed by atoms with Gasteiger partial charge >= 0.3 is 12.4 Å². The fourth-order valence-corrected chi connectivity index (χ4v) is 4.30. The van der Waals surface area contributed by atoms with Crippen LogP contribution in [0.1, 0.15) is 24.8 Å². The fraction of sp³-hybridized carbons (Fsp3) is 0.550. The summed E-state index contributed by atoms with van der Waals surface area (Å²) in [5.74, 6) is -0.937. The summed E-state index contributed by atoms with van der Waals surface area (Å²) in [4.78, 5) is 40.4. The van der Waals surface area contributed by atoms with Crippen LogP contribution in [0.5, 0.6) is 5.75 Å². The van der Waals surface area contributed by atoms with Crippen LogP contribution in [0.2, 0.25) is 0 Å². The van der Waals surface area contributed by atoms with Crippen LogP contribution in [0.3, 0.4) is 0 Å². The molecule has 3 fully saturated rings. The molecule has 3 aliphatic heterocycles. The molecule has 0 radical (unpaired) electrons. The SMILES string of the molecule is O=C1CC(CN2C(=O)NC3(CCOCC3)C2=O)CN1Cc1ccc(OC(F)(F)F)cc1. The second-order valence-corrected chi connectivity index (χ2v) is 8.08. The molecule has 168 valence electrons. The van der Waals surface area contributed by atoms with E-state index in [4.69, 9.17) is 4.74 Å². The van der Waals surface area contributed by atoms with Crippen LogP contribution in [0.4, 0.5) is 18.0 Å². The Morgan fingerprint density at radius 2 is 1.81 bits per heavy atom. The lowest BCUT2D eigenvalue weighted by Gasteiger charge is -2.30. The van der Waals surface area contributed by atoms with Crippen LogP contribution in [-0.2, 0) is 20.9 Å². The van der Waals surface area contributed by atoms with Crippen LogP contribution in [-0.4, -0.2) is 65.8 Å². The Labute approximate surface area is 176 Å². The number of halogens is 3. The van der Waals surface area contributed by atoms with Crippen molar-refractivity contribution in [3.05, 3.63) is 29.8 Å². The molecule has 4 rings (SSSR count). The highest BCUT2D eigenvalue weighted by Crippen LogP contribution is 2.31. The van der Waals surface area contributed by atoms with Crippen LogP contribution in [0.15, 0.2) is 24.3 Å². The number of carbonyl (C=O) groups is 3. The number of benzene rings is 1. The Hall–Kier alpha value is -2.82. The largest absolute Gasteiger partial charge is 0.573 e. The molecule has 1 atom stereocenters. The lowest BCUT2D eigenvalue weighted by atomic mass is 9.90. The van der Waals surface area contributed by atoms with Crippen molar-refractivity contribution in [3.8, 4) is 5.75 Å². The van der Waals surface area contributed by atoms with Crippen molar-refractivity contribution in [2.24, 2.45) is 5.92 Å². The number of nitrogens with one attached hydrogen (secondary N) is 1. The van der Waals surface area contributed by atoms with E-state index in [2.05, 4.69) is 10.1 Å². The number of urea groups is 1. The van der Waals surface area contributed by atoms with Gasteiger partial charge in [0.2, 0.25) is 5.91 Å². The first-order chi connectivity index (χ1) is 14.7. The normalized spacial score (nSPS) is 23.6. The summed E-state index contributed by atoms with van der Waals surface area (Å²) in [5, 5.41) is 2.79. The molecule has 1 N–H and O–H groups in total. The first-order valence-electron chi connectivity index (χ1n) is 9.99. The van der Waals surface area contributed by atoms with E-state index in [0.717, 1.165) is 0 Å². The summed E-state index contributed by atoms with van der Waals surface area (Å²) in [6, 6.07) is 4.88. The number of imide groups is 1. The standard InChI is InChI=1S/C20H22F3N3O5/c21-20(22,23)31-15-3-1-13(2-4-15)10-25-11-14(9-16(25)27)12-26-17(28)19(24-18(26)29)5-7-30-8-6-19/h1-4,14H,5-12H2,(H,24,29). The molecule has 4 amide bonds. The van der Waals surface area contributed by atoms with Gasteiger partial charge in [0, 0.05) is 58.0 Å². The van der Waals surface area contributed by atoms with Gasteiger partial charge in [-0.05, 0) is 17.7 Å². The zero-order valence-corrected chi connectivity index (χ0v) is 16.6. The molecule has 0 aliphatic carbocycles. The van der Waals surface area contributed by atoms with Crippen molar-refractivity contribution in [1.82, 2.24) is 15.1 Å². The van der Waals surface area contributed by atoms with Crippen molar-refractivity contribution < 1.29 is 37.0 Å². The quantitative estimate of drug-likeness (QED) is 0.707. The number of ether oxygens (including phenoxy) is 2. The van der Waals surface area contributed by atoms with Crippen LogP contribution in [0, 0.1) is 5.92 Å². The fourth-order valence-electron chi connectivity index (χ4n) is 4.30.